The van der Waals surface area contributed by atoms with E-state index in [9.17, 15) is 0 Å². The lowest BCUT2D eigenvalue weighted by molar-refractivity contribution is 0.0400. The summed E-state index contributed by atoms with van der Waals surface area (Å²) in [5, 5.41) is 0. The Hall–Kier alpha value is -0.0800. The van der Waals surface area contributed by atoms with Crippen LogP contribution in [0.2, 0.25) is 0 Å². The van der Waals surface area contributed by atoms with Crippen molar-refractivity contribution in [2.75, 3.05) is 26.2 Å². The number of rotatable bonds is 1. The monoisotopic (exact) mass is 238 g/mol. The van der Waals surface area contributed by atoms with Gasteiger partial charge >= 0.3 is 0 Å². The van der Waals surface area contributed by atoms with Crippen LogP contribution in [0.5, 0.6) is 0 Å². The van der Waals surface area contributed by atoms with Crippen molar-refractivity contribution in [1.29, 1.82) is 0 Å². The van der Waals surface area contributed by atoms with E-state index < -0.39 is 0 Å². The largest absolute Gasteiger partial charge is 0.300 e. The average Bonchev–Trinajstić information content (AvgIpc) is 2.28. The molecule has 1 unspecified atom stereocenters. The number of hydrogen-bond donors (Lipinski definition) is 0. The molecule has 2 fully saturated rings. The zero-order valence-electron chi connectivity index (χ0n) is 12.2. The summed E-state index contributed by atoms with van der Waals surface area (Å²) in [4.78, 5) is 5.42. The van der Waals surface area contributed by atoms with Gasteiger partial charge in [0.1, 0.15) is 0 Å². The molecule has 2 aliphatic rings. The molecule has 2 saturated heterocycles. The molecule has 2 heterocycles. The van der Waals surface area contributed by atoms with Crippen molar-refractivity contribution in [3.05, 3.63) is 0 Å². The second-order valence-electron chi connectivity index (χ2n) is 7.13. The Balaban J connectivity index is 1.82. The second kappa shape index (κ2) is 5.27. The fourth-order valence-corrected chi connectivity index (χ4v) is 3.46. The van der Waals surface area contributed by atoms with Gasteiger partial charge in [0.15, 0.2) is 0 Å². The molecular weight excluding hydrogens is 208 g/mol. The Bertz CT molecular complexity index is 236. The van der Waals surface area contributed by atoms with Gasteiger partial charge in [0.05, 0.1) is 0 Å². The highest BCUT2D eigenvalue weighted by atomic mass is 15.2. The van der Waals surface area contributed by atoms with Crippen molar-refractivity contribution < 1.29 is 0 Å². The number of hydrogen-bond acceptors (Lipinski definition) is 2. The van der Waals surface area contributed by atoms with Gasteiger partial charge in [-0.2, -0.15) is 0 Å². The fourth-order valence-electron chi connectivity index (χ4n) is 3.46. The molecule has 0 radical (unpaired) electrons. The van der Waals surface area contributed by atoms with Crippen molar-refractivity contribution in [2.24, 2.45) is 5.92 Å². The first-order valence-electron chi connectivity index (χ1n) is 7.46. The number of nitrogens with zero attached hydrogens (tertiary/aromatic N) is 2. The minimum absolute atomic E-state index is 0.361. The fraction of sp³-hybridized carbons (Fsp3) is 1.00. The van der Waals surface area contributed by atoms with E-state index in [-0.39, 0.29) is 0 Å². The topological polar surface area (TPSA) is 6.48 Å². The van der Waals surface area contributed by atoms with Gasteiger partial charge in [-0.1, -0.05) is 6.92 Å². The van der Waals surface area contributed by atoms with Gasteiger partial charge in [0.25, 0.3) is 0 Å². The van der Waals surface area contributed by atoms with Crippen molar-refractivity contribution in [3.8, 4) is 0 Å². The predicted molar refractivity (Wildman–Crippen MR) is 74.3 cm³/mol. The molecule has 0 aromatic carbocycles. The van der Waals surface area contributed by atoms with Crippen LogP contribution in [0.4, 0.5) is 0 Å². The molecule has 100 valence electrons. The lowest BCUT2D eigenvalue weighted by Gasteiger charge is -2.45. The van der Waals surface area contributed by atoms with Gasteiger partial charge in [0, 0.05) is 31.2 Å². The van der Waals surface area contributed by atoms with E-state index in [0.29, 0.717) is 5.54 Å². The summed E-state index contributed by atoms with van der Waals surface area (Å²) in [5.74, 6) is 0.921. The zero-order valence-corrected chi connectivity index (χ0v) is 12.2. The minimum atomic E-state index is 0.361. The summed E-state index contributed by atoms with van der Waals surface area (Å²) in [6.45, 7) is 14.7. The first-order valence-corrected chi connectivity index (χ1v) is 7.46. The SMILES string of the molecule is CC1CCCN(C2CCN(C(C)(C)C)CC2)C1. The number of piperidine rings is 2. The van der Waals surface area contributed by atoms with Crippen molar-refractivity contribution in [3.63, 3.8) is 0 Å². The van der Waals surface area contributed by atoms with Crippen LogP contribution in [0.3, 0.4) is 0 Å². The Labute approximate surface area is 107 Å². The highest BCUT2D eigenvalue weighted by molar-refractivity contribution is 4.87. The van der Waals surface area contributed by atoms with E-state index in [4.69, 9.17) is 0 Å². The van der Waals surface area contributed by atoms with E-state index in [1.54, 1.807) is 0 Å². The Kier molecular flexibility index (Phi) is 4.14. The van der Waals surface area contributed by atoms with E-state index in [1.165, 1.54) is 51.9 Å². The van der Waals surface area contributed by atoms with Crippen molar-refractivity contribution in [1.82, 2.24) is 9.80 Å². The molecule has 0 amide bonds. The quantitative estimate of drug-likeness (QED) is 0.693. The van der Waals surface area contributed by atoms with E-state index >= 15 is 0 Å². The van der Waals surface area contributed by atoms with Crippen LogP contribution < -0.4 is 0 Å². The Morgan fingerprint density at radius 3 is 2.12 bits per heavy atom. The molecule has 0 bridgehead atoms. The summed E-state index contributed by atoms with van der Waals surface area (Å²) in [5.41, 5.74) is 0.361. The van der Waals surface area contributed by atoms with Gasteiger partial charge in [-0.15, -0.1) is 0 Å². The predicted octanol–water partition coefficient (Wildman–Crippen LogP) is 2.98. The van der Waals surface area contributed by atoms with Crippen LogP contribution in [0.25, 0.3) is 0 Å². The third-order valence-corrected chi connectivity index (χ3v) is 4.62. The Morgan fingerprint density at radius 1 is 0.941 bits per heavy atom. The first-order chi connectivity index (χ1) is 7.97. The van der Waals surface area contributed by atoms with Crippen molar-refractivity contribution in [2.45, 2.75) is 65.0 Å². The maximum absolute atomic E-state index is 2.77. The third kappa shape index (κ3) is 3.45. The molecule has 0 N–H and O–H groups in total. The standard InChI is InChI=1S/C15H30N2/c1-13-6-5-9-16(12-13)14-7-10-17(11-8-14)15(2,3)4/h13-14H,5-12H2,1-4H3. The van der Waals surface area contributed by atoms with Gasteiger partial charge in [-0.3, -0.25) is 4.90 Å². The summed E-state index contributed by atoms with van der Waals surface area (Å²) in [6.07, 6.45) is 5.62. The van der Waals surface area contributed by atoms with Gasteiger partial charge in [-0.25, -0.2) is 0 Å². The summed E-state index contributed by atoms with van der Waals surface area (Å²) >= 11 is 0. The molecule has 1 atom stereocenters. The highest BCUT2D eigenvalue weighted by Gasteiger charge is 2.30. The van der Waals surface area contributed by atoms with Crippen LogP contribution in [-0.2, 0) is 0 Å². The average molecular weight is 238 g/mol. The Morgan fingerprint density at radius 2 is 1.59 bits per heavy atom. The summed E-state index contributed by atoms with van der Waals surface area (Å²) in [6, 6.07) is 0.872. The first kappa shape index (κ1) is 13.4. The molecule has 0 saturated carbocycles. The van der Waals surface area contributed by atoms with E-state index in [2.05, 4.69) is 37.5 Å². The van der Waals surface area contributed by atoms with Crippen LogP contribution in [0.1, 0.15) is 53.4 Å². The van der Waals surface area contributed by atoms with Crippen LogP contribution >= 0.6 is 0 Å². The summed E-state index contributed by atoms with van der Waals surface area (Å²) in [7, 11) is 0. The van der Waals surface area contributed by atoms with Gasteiger partial charge < -0.3 is 4.90 Å². The van der Waals surface area contributed by atoms with Crippen molar-refractivity contribution >= 4 is 0 Å². The van der Waals surface area contributed by atoms with E-state index in [1.807, 2.05) is 0 Å². The van der Waals surface area contributed by atoms with Gasteiger partial charge in [-0.05, 0) is 58.9 Å². The molecular formula is C15H30N2. The smallest absolute Gasteiger partial charge is 0.0125 e. The normalized spacial score (nSPS) is 30.7. The lowest BCUT2D eigenvalue weighted by Crippen LogP contribution is -2.52. The molecule has 0 aromatic heterocycles. The van der Waals surface area contributed by atoms with Gasteiger partial charge in [0.2, 0.25) is 0 Å². The lowest BCUT2D eigenvalue weighted by atomic mass is 9.93. The molecule has 0 spiro atoms. The minimum Gasteiger partial charge on any atom is -0.300 e. The molecule has 2 nitrogen and oxygen atoms in total. The second-order valence-corrected chi connectivity index (χ2v) is 7.13. The summed E-state index contributed by atoms with van der Waals surface area (Å²) < 4.78 is 0. The molecule has 0 aliphatic carbocycles. The van der Waals surface area contributed by atoms with Crippen LogP contribution in [0, 0.1) is 5.92 Å². The third-order valence-electron chi connectivity index (χ3n) is 4.62. The van der Waals surface area contributed by atoms with Crippen LogP contribution in [0.15, 0.2) is 0 Å². The van der Waals surface area contributed by atoms with Crippen LogP contribution in [-0.4, -0.2) is 47.6 Å². The van der Waals surface area contributed by atoms with E-state index in [0.717, 1.165) is 12.0 Å². The zero-order chi connectivity index (χ0) is 12.5. The maximum atomic E-state index is 2.77. The number of likely N-dealkylation sites (tertiary alicyclic amines) is 2. The molecule has 17 heavy (non-hydrogen) atoms. The molecule has 0 aromatic rings. The molecule has 2 heteroatoms. The maximum Gasteiger partial charge on any atom is 0.0125 e. The molecule has 2 aliphatic heterocycles. The highest BCUT2D eigenvalue weighted by Crippen LogP contribution is 2.26. The molecule has 2 rings (SSSR count).